The molecular formula is C49H91NO5. The van der Waals surface area contributed by atoms with E-state index >= 15 is 0 Å². The molecule has 0 saturated heterocycles. The van der Waals surface area contributed by atoms with Gasteiger partial charge in [-0.25, -0.2) is 0 Å². The van der Waals surface area contributed by atoms with Crippen LogP contribution in [0.4, 0.5) is 0 Å². The average Bonchev–Trinajstić information content (AvgIpc) is 3.18. The topological polar surface area (TPSA) is 95.9 Å². The van der Waals surface area contributed by atoms with Crippen LogP contribution in [0.3, 0.4) is 0 Å². The van der Waals surface area contributed by atoms with Crippen molar-refractivity contribution < 1.29 is 24.5 Å². The number of ether oxygens (including phenoxy) is 1. The monoisotopic (exact) mass is 774 g/mol. The molecule has 0 aromatic rings. The molecular weight excluding hydrogens is 683 g/mol. The SMILES string of the molecule is CC/C=C/C=C/C=C\CCCCCCCC(=O)OC(CCCCCCCCCCCCC)CC(=O)NC(CO)C(O)CCCCCCCCCCCCCC. The third-order valence-corrected chi connectivity index (χ3v) is 10.8. The van der Waals surface area contributed by atoms with E-state index < -0.39 is 18.2 Å². The average molecular weight is 774 g/mol. The van der Waals surface area contributed by atoms with Crippen LogP contribution in [0.5, 0.6) is 0 Å². The molecule has 6 nitrogen and oxygen atoms in total. The number of nitrogens with one attached hydrogen (secondary N) is 1. The predicted octanol–water partition coefficient (Wildman–Crippen LogP) is 13.7. The standard InChI is InChI=1S/C49H91NO5/c1-4-7-10-13-16-19-22-24-27-30-33-36-39-42-49(54)55-45(40-37-34-31-28-25-21-18-15-12-9-6-3)43-48(53)50-46(44-51)47(52)41-38-35-32-29-26-23-20-17-14-11-8-5-2/h7,10,13,16,19,22,45-47,51-52H,4-6,8-9,11-12,14-15,17-18,20-21,23-44H2,1-3H3,(H,50,53)/b10-7+,16-13+,22-19-. The van der Waals surface area contributed by atoms with Crippen LogP contribution < -0.4 is 5.32 Å². The number of amides is 1. The molecule has 322 valence electrons. The highest BCUT2D eigenvalue weighted by Crippen LogP contribution is 2.18. The number of allylic oxidation sites excluding steroid dienone is 6. The van der Waals surface area contributed by atoms with Gasteiger partial charge in [0.05, 0.1) is 25.2 Å². The number of hydrogen-bond acceptors (Lipinski definition) is 5. The summed E-state index contributed by atoms with van der Waals surface area (Å²) in [5.41, 5.74) is 0. The van der Waals surface area contributed by atoms with Crippen molar-refractivity contribution in [1.29, 1.82) is 0 Å². The van der Waals surface area contributed by atoms with Gasteiger partial charge < -0.3 is 20.3 Å². The second kappa shape index (κ2) is 43.2. The Balaban J connectivity index is 4.58. The molecule has 0 saturated carbocycles. The zero-order valence-electron chi connectivity index (χ0n) is 36.6. The van der Waals surface area contributed by atoms with Crippen molar-refractivity contribution in [2.75, 3.05) is 6.61 Å². The highest BCUT2D eigenvalue weighted by atomic mass is 16.5. The lowest BCUT2D eigenvalue weighted by atomic mass is 10.0. The lowest BCUT2D eigenvalue weighted by Crippen LogP contribution is -2.46. The fourth-order valence-corrected chi connectivity index (χ4v) is 7.19. The Morgan fingerprint density at radius 1 is 0.545 bits per heavy atom. The van der Waals surface area contributed by atoms with Crippen LogP contribution in [0.15, 0.2) is 36.5 Å². The molecule has 0 bridgehead atoms. The fourth-order valence-electron chi connectivity index (χ4n) is 7.19. The van der Waals surface area contributed by atoms with Crippen LogP contribution in [0.1, 0.15) is 239 Å². The number of carbonyl (C=O) groups is 2. The highest BCUT2D eigenvalue weighted by Gasteiger charge is 2.24. The second-order valence-corrected chi connectivity index (χ2v) is 16.2. The van der Waals surface area contributed by atoms with Crippen molar-refractivity contribution in [3.8, 4) is 0 Å². The number of esters is 1. The first-order chi connectivity index (χ1) is 27.0. The van der Waals surface area contributed by atoms with Gasteiger partial charge in [-0.05, 0) is 44.9 Å². The Morgan fingerprint density at radius 2 is 0.982 bits per heavy atom. The van der Waals surface area contributed by atoms with Gasteiger partial charge in [-0.1, -0.05) is 218 Å². The molecule has 3 unspecified atom stereocenters. The fraction of sp³-hybridized carbons (Fsp3) is 0.837. The van der Waals surface area contributed by atoms with Crippen molar-refractivity contribution in [2.24, 2.45) is 0 Å². The molecule has 0 aromatic heterocycles. The van der Waals surface area contributed by atoms with Gasteiger partial charge in [0.15, 0.2) is 0 Å². The van der Waals surface area contributed by atoms with Crippen molar-refractivity contribution in [1.82, 2.24) is 5.32 Å². The van der Waals surface area contributed by atoms with Crippen molar-refractivity contribution >= 4 is 11.9 Å². The first kappa shape index (κ1) is 53.1. The van der Waals surface area contributed by atoms with Crippen LogP contribution in [-0.2, 0) is 14.3 Å². The second-order valence-electron chi connectivity index (χ2n) is 16.2. The van der Waals surface area contributed by atoms with E-state index in [9.17, 15) is 19.8 Å². The Hall–Kier alpha value is -1.92. The quantitative estimate of drug-likeness (QED) is 0.0326. The summed E-state index contributed by atoms with van der Waals surface area (Å²) in [4.78, 5) is 26.0. The molecule has 3 atom stereocenters. The number of hydrogen-bond donors (Lipinski definition) is 3. The molecule has 0 heterocycles. The van der Waals surface area contributed by atoms with Crippen LogP contribution in [-0.4, -0.2) is 46.9 Å². The summed E-state index contributed by atoms with van der Waals surface area (Å²) in [5, 5.41) is 23.7. The molecule has 0 spiro atoms. The van der Waals surface area contributed by atoms with Gasteiger partial charge in [0.2, 0.25) is 5.91 Å². The Labute approximate surface area is 341 Å². The normalized spacial score (nSPS) is 13.6. The number of aliphatic hydroxyl groups excluding tert-OH is 2. The largest absolute Gasteiger partial charge is 0.462 e. The molecule has 0 aromatic carbocycles. The Bertz CT molecular complexity index is 915. The first-order valence-electron chi connectivity index (χ1n) is 23.7. The predicted molar refractivity (Wildman–Crippen MR) is 236 cm³/mol. The van der Waals surface area contributed by atoms with E-state index in [0.717, 1.165) is 77.0 Å². The number of carbonyl (C=O) groups excluding carboxylic acids is 2. The summed E-state index contributed by atoms with van der Waals surface area (Å²) in [6, 6.07) is -0.701. The molecule has 0 aliphatic carbocycles. The molecule has 0 radical (unpaired) electrons. The third-order valence-electron chi connectivity index (χ3n) is 10.8. The van der Waals surface area contributed by atoms with Gasteiger partial charge in [-0.3, -0.25) is 9.59 Å². The molecule has 0 aliphatic rings. The van der Waals surface area contributed by atoms with Crippen LogP contribution in [0, 0.1) is 0 Å². The zero-order valence-corrected chi connectivity index (χ0v) is 36.6. The van der Waals surface area contributed by atoms with Gasteiger partial charge in [-0.15, -0.1) is 0 Å². The van der Waals surface area contributed by atoms with Crippen molar-refractivity contribution in [3.63, 3.8) is 0 Å². The highest BCUT2D eigenvalue weighted by molar-refractivity contribution is 5.77. The van der Waals surface area contributed by atoms with E-state index in [2.05, 4.69) is 62.5 Å². The lowest BCUT2D eigenvalue weighted by molar-refractivity contribution is -0.151. The van der Waals surface area contributed by atoms with Gasteiger partial charge in [0.25, 0.3) is 0 Å². The first-order valence-corrected chi connectivity index (χ1v) is 23.7. The summed E-state index contributed by atoms with van der Waals surface area (Å²) in [7, 11) is 0. The molecule has 55 heavy (non-hydrogen) atoms. The summed E-state index contributed by atoms with van der Waals surface area (Å²) in [6.07, 6.45) is 49.1. The minimum absolute atomic E-state index is 0.0723. The third kappa shape index (κ3) is 38.7. The van der Waals surface area contributed by atoms with Crippen LogP contribution in [0.2, 0.25) is 0 Å². The minimum Gasteiger partial charge on any atom is -0.462 e. The van der Waals surface area contributed by atoms with E-state index in [1.807, 2.05) is 0 Å². The molecule has 0 fully saturated rings. The lowest BCUT2D eigenvalue weighted by Gasteiger charge is -2.24. The summed E-state index contributed by atoms with van der Waals surface area (Å²) >= 11 is 0. The Kier molecular flexibility index (Phi) is 41.7. The Morgan fingerprint density at radius 3 is 1.47 bits per heavy atom. The molecule has 1 amide bonds. The molecule has 3 N–H and O–H groups in total. The maximum atomic E-state index is 13.1. The maximum absolute atomic E-state index is 13.1. The summed E-state index contributed by atoms with van der Waals surface area (Å²) < 4.78 is 5.90. The van der Waals surface area contributed by atoms with E-state index in [1.54, 1.807) is 0 Å². The van der Waals surface area contributed by atoms with Gasteiger partial charge in [0.1, 0.15) is 6.10 Å². The minimum atomic E-state index is -0.787. The number of unbranched alkanes of at least 4 members (excludes halogenated alkanes) is 26. The summed E-state index contributed by atoms with van der Waals surface area (Å²) in [6.45, 7) is 6.34. The molecule has 0 aliphatic heterocycles. The zero-order chi connectivity index (χ0) is 40.3. The van der Waals surface area contributed by atoms with E-state index in [1.165, 1.54) is 116 Å². The van der Waals surface area contributed by atoms with Crippen molar-refractivity contribution in [2.45, 2.75) is 257 Å². The maximum Gasteiger partial charge on any atom is 0.306 e. The van der Waals surface area contributed by atoms with Crippen LogP contribution in [0.25, 0.3) is 0 Å². The number of aliphatic hydroxyl groups is 2. The van der Waals surface area contributed by atoms with Gasteiger partial charge in [0, 0.05) is 6.42 Å². The van der Waals surface area contributed by atoms with E-state index in [0.29, 0.717) is 19.3 Å². The van der Waals surface area contributed by atoms with Crippen molar-refractivity contribution in [3.05, 3.63) is 36.5 Å². The smallest absolute Gasteiger partial charge is 0.306 e. The summed E-state index contributed by atoms with van der Waals surface area (Å²) in [5.74, 6) is -0.492. The number of rotatable bonds is 42. The van der Waals surface area contributed by atoms with Crippen LogP contribution >= 0.6 is 0 Å². The van der Waals surface area contributed by atoms with Gasteiger partial charge >= 0.3 is 5.97 Å². The molecule has 0 rings (SSSR count). The van der Waals surface area contributed by atoms with E-state index in [4.69, 9.17) is 4.74 Å². The van der Waals surface area contributed by atoms with Gasteiger partial charge in [-0.2, -0.15) is 0 Å². The molecule has 6 heteroatoms. The van der Waals surface area contributed by atoms with E-state index in [-0.39, 0.29) is 24.9 Å².